The number of nitrogens with zero attached hydrogens (tertiary/aromatic N) is 2. The first-order valence-corrected chi connectivity index (χ1v) is 6.59. The largest absolute Gasteiger partial charge is 0.479 e. The van der Waals surface area contributed by atoms with E-state index in [4.69, 9.17) is 15.3 Å². The average molecular weight is 277 g/mol. The summed E-state index contributed by atoms with van der Waals surface area (Å²) in [6.07, 6.45) is 0. The van der Waals surface area contributed by atoms with Crippen LogP contribution in [0.25, 0.3) is 0 Å². The van der Waals surface area contributed by atoms with Crippen LogP contribution in [0.3, 0.4) is 0 Å². The Balaban J connectivity index is 2.06. The zero-order valence-corrected chi connectivity index (χ0v) is 11.7. The van der Waals surface area contributed by atoms with Crippen molar-refractivity contribution in [2.24, 2.45) is 0 Å². The van der Waals surface area contributed by atoms with E-state index < -0.39 is 0 Å². The van der Waals surface area contributed by atoms with Gasteiger partial charge in [-0.1, -0.05) is 18.2 Å². The smallest absolute Gasteiger partial charge is 0.174 e. The van der Waals surface area contributed by atoms with Crippen molar-refractivity contribution in [1.82, 2.24) is 0 Å². The minimum atomic E-state index is 0.0363. The van der Waals surface area contributed by atoms with Gasteiger partial charge in [-0.3, -0.25) is 0 Å². The van der Waals surface area contributed by atoms with Crippen LogP contribution in [0.5, 0.6) is 5.75 Å². The third kappa shape index (κ3) is 3.99. The van der Waals surface area contributed by atoms with E-state index in [-0.39, 0.29) is 12.6 Å². The summed E-state index contributed by atoms with van der Waals surface area (Å²) in [5.41, 5.74) is 2.66. The van der Waals surface area contributed by atoms with Crippen LogP contribution in [0.1, 0.15) is 24.1 Å². The van der Waals surface area contributed by atoms with Gasteiger partial charge in [0.2, 0.25) is 0 Å². The quantitative estimate of drug-likeness (QED) is 0.906. The maximum absolute atomic E-state index is 8.80. The normalized spacial score (nSPS) is 11.0. The average Bonchev–Trinajstić information content (AvgIpc) is 2.53. The molecule has 0 aliphatic rings. The van der Waals surface area contributed by atoms with Crippen molar-refractivity contribution in [2.75, 3.05) is 11.9 Å². The van der Waals surface area contributed by atoms with Crippen molar-refractivity contribution >= 4 is 5.69 Å². The highest BCUT2D eigenvalue weighted by atomic mass is 16.5. The molecule has 0 aromatic heterocycles. The van der Waals surface area contributed by atoms with E-state index in [9.17, 15) is 0 Å². The van der Waals surface area contributed by atoms with Gasteiger partial charge in [-0.15, -0.1) is 0 Å². The Morgan fingerprint density at radius 3 is 2.57 bits per heavy atom. The minimum absolute atomic E-state index is 0.0363. The third-order valence-electron chi connectivity index (χ3n) is 3.06. The Kier molecular flexibility index (Phi) is 4.79. The molecule has 1 unspecified atom stereocenters. The summed E-state index contributed by atoms with van der Waals surface area (Å²) in [4.78, 5) is 0. The van der Waals surface area contributed by atoms with Crippen LogP contribution in [-0.4, -0.2) is 6.61 Å². The highest BCUT2D eigenvalue weighted by Gasteiger charge is 2.06. The van der Waals surface area contributed by atoms with Gasteiger partial charge in [0.25, 0.3) is 0 Å². The molecule has 1 N–H and O–H groups in total. The second kappa shape index (κ2) is 6.98. The number of benzene rings is 2. The lowest BCUT2D eigenvalue weighted by Crippen LogP contribution is -2.06. The molecule has 2 aromatic rings. The Hall–Kier alpha value is -2.98. The molecule has 0 heterocycles. The van der Waals surface area contributed by atoms with Crippen molar-refractivity contribution in [3.05, 3.63) is 59.7 Å². The predicted molar refractivity (Wildman–Crippen MR) is 80.7 cm³/mol. The van der Waals surface area contributed by atoms with Crippen LogP contribution in [0.4, 0.5) is 5.69 Å². The maximum Gasteiger partial charge on any atom is 0.174 e. The molecule has 1 atom stereocenters. The number of nitrogens with one attached hydrogen (secondary N) is 1. The molecule has 0 fully saturated rings. The summed E-state index contributed by atoms with van der Waals surface area (Å²) in [6, 6.07) is 19.1. The molecule has 2 aromatic carbocycles. The molecule has 21 heavy (non-hydrogen) atoms. The summed E-state index contributed by atoms with van der Waals surface area (Å²) < 4.78 is 5.28. The molecule has 0 aliphatic carbocycles. The van der Waals surface area contributed by atoms with E-state index >= 15 is 0 Å². The van der Waals surface area contributed by atoms with E-state index in [1.54, 1.807) is 12.1 Å². The second-order valence-electron chi connectivity index (χ2n) is 4.57. The highest BCUT2D eigenvalue weighted by molar-refractivity contribution is 5.50. The number of ether oxygens (including phenoxy) is 1. The zero-order valence-electron chi connectivity index (χ0n) is 11.7. The van der Waals surface area contributed by atoms with Crippen LogP contribution in [0, 0.1) is 22.7 Å². The Morgan fingerprint density at radius 1 is 1.14 bits per heavy atom. The number of nitriles is 2. The monoisotopic (exact) mass is 277 g/mol. The van der Waals surface area contributed by atoms with Gasteiger partial charge in [0.1, 0.15) is 11.8 Å². The van der Waals surface area contributed by atoms with Gasteiger partial charge < -0.3 is 10.1 Å². The molecule has 0 aliphatic heterocycles. The number of anilines is 1. The Morgan fingerprint density at radius 2 is 1.90 bits per heavy atom. The minimum Gasteiger partial charge on any atom is -0.479 e. The maximum atomic E-state index is 8.80. The molecular weight excluding hydrogens is 262 g/mol. The molecule has 0 saturated heterocycles. The van der Waals surface area contributed by atoms with E-state index in [1.165, 1.54) is 0 Å². The fourth-order valence-electron chi connectivity index (χ4n) is 1.97. The molecule has 2 rings (SSSR count). The topological polar surface area (TPSA) is 68.8 Å². The van der Waals surface area contributed by atoms with Gasteiger partial charge in [-0.25, -0.2) is 0 Å². The lowest BCUT2D eigenvalue weighted by atomic mass is 10.1. The molecule has 104 valence electrons. The van der Waals surface area contributed by atoms with Gasteiger partial charge in [-0.05, 0) is 36.8 Å². The van der Waals surface area contributed by atoms with E-state index in [0.717, 1.165) is 11.3 Å². The van der Waals surface area contributed by atoms with E-state index in [0.29, 0.717) is 11.3 Å². The van der Waals surface area contributed by atoms with Gasteiger partial charge in [0.05, 0.1) is 11.6 Å². The van der Waals surface area contributed by atoms with E-state index in [1.807, 2.05) is 49.4 Å². The molecule has 0 radical (unpaired) electrons. The van der Waals surface area contributed by atoms with Gasteiger partial charge in [0.15, 0.2) is 6.61 Å². The summed E-state index contributed by atoms with van der Waals surface area (Å²) >= 11 is 0. The van der Waals surface area contributed by atoms with Crippen molar-refractivity contribution in [1.29, 1.82) is 10.5 Å². The van der Waals surface area contributed by atoms with Crippen molar-refractivity contribution in [2.45, 2.75) is 13.0 Å². The van der Waals surface area contributed by atoms with Gasteiger partial charge in [0, 0.05) is 17.8 Å². The Bertz CT molecular complexity index is 680. The fraction of sp³-hybridized carbons (Fsp3) is 0.176. The molecule has 4 nitrogen and oxygen atoms in total. The summed E-state index contributed by atoms with van der Waals surface area (Å²) in [5.74, 6) is 0.661. The van der Waals surface area contributed by atoms with Crippen molar-refractivity contribution < 1.29 is 4.74 Å². The standard InChI is InChI=1S/C17H15N3O/c1-13(15-7-5-14(12-19)6-8-15)20-16-3-2-4-17(11-16)21-10-9-18/h2-8,11,13,20H,10H2,1H3. The first-order valence-electron chi connectivity index (χ1n) is 6.59. The van der Waals surface area contributed by atoms with Crippen LogP contribution < -0.4 is 10.1 Å². The fourth-order valence-corrected chi connectivity index (χ4v) is 1.97. The van der Waals surface area contributed by atoms with Crippen LogP contribution in [0.2, 0.25) is 0 Å². The number of rotatable bonds is 5. The molecule has 0 spiro atoms. The SMILES string of the molecule is CC(Nc1cccc(OCC#N)c1)c1ccc(C#N)cc1. The summed E-state index contributed by atoms with van der Waals surface area (Å²) in [5, 5.41) is 20.7. The second-order valence-corrected chi connectivity index (χ2v) is 4.57. The predicted octanol–water partition coefficient (Wildman–Crippen LogP) is 3.63. The van der Waals surface area contributed by atoms with Crippen LogP contribution in [0.15, 0.2) is 48.5 Å². The van der Waals surface area contributed by atoms with Crippen molar-refractivity contribution in [3.8, 4) is 17.9 Å². The summed E-state index contributed by atoms with van der Waals surface area (Å²) in [7, 11) is 0. The summed E-state index contributed by atoms with van der Waals surface area (Å²) in [6.45, 7) is 2.08. The zero-order chi connectivity index (χ0) is 15.1. The molecule has 0 bridgehead atoms. The Labute approximate surface area is 124 Å². The molecule has 0 amide bonds. The van der Waals surface area contributed by atoms with Crippen molar-refractivity contribution in [3.63, 3.8) is 0 Å². The third-order valence-corrected chi connectivity index (χ3v) is 3.06. The molecule has 4 heteroatoms. The number of hydrogen-bond acceptors (Lipinski definition) is 4. The first-order chi connectivity index (χ1) is 10.2. The van der Waals surface area contributed by atoms with Gasteiger partial charge >= 0.3 is 0 Å². The first kappa shape index (κ1) is 14.4. The highest BCUT2D eigenvalue weighted by Crippen LogP contribution is 2.23. The number of hydrogen-bond donors (Lipinski definition) is 1. The molecular formula is C17H15N3O. The van der Waals surface area contributed by atoms with Crippen LogP contribution in [-0.2, 0) is 0 Å². The lowest BCUT2D eigenvalue weighted by Gasteiger charge is -2.16. The van der Waals surface area contributed by atoms with E-state index in [2.05, 4.69) is 11.4 Å². The van der Waals surface area contributed by atoms with Gasteiger partial charge in [-0.2, -0.15) is 10.5 Å². The van der Waals surface area contributed by atoms with Crippen LogP contribution >= 0.6 is 0 Å². The molecule has 0 saturated carbocycles. The lowest BCUT2D eigenvalue weighted by molar-refractivity contribution is 0.368.